The zero-order valence-electron chi connectivity index (χ0n) is 12.0. The Balaban J connectivity index is 2.01. The van der Waals surface area contributed by atoms with Crippen LogP contribution >= 0.6 is 15.9 Å². The number of nitrogens with one attached hydrogen (secondary N) is 1. The molecule has 0 heterocycles. The number of terminal acetylenes is 1. The van der Waals surface area contributed by atoms with Crippen LogP contribution in [0.25, 0.3) is 0 Å². The van der Waals surface area contributed by atoms with E-state index in [4.69, 9.17) is 11.2 Å². The predicted octanol–water partition coefficient (Wildman–Crippen LogP) is 4.31. The summed E-state index contributed by atoms with van der Waals surface area (Å²) in [4.78, 5) is 0. The minimum absolute atomic E-state index is 0.253. The van der Waals surface area contributed by atoms with E-state index in [0.717, 1.165) is 22.3 Å². The molecule has 0 unspecified atom stereocenters. The van der Waals surface area contributed by atoms with Crippen molar-refractivity contribution in [2.24, 2.45) is 0 Å². The minimum atomic E-state index is 0.253. The molecule has 0 amide bonds. The van der Waals surface area contributed by atoms with E-state index in [0.29, 0.717) is 0 Å². The maximum atomic E-state index is 5.56. The Labute approximate surface area is 134 Å². The van der Waals surface area contributed by atoms with Crippen LogP contribution < -0.4 is 10.1 Å². The molecule has 2 rings (SSSR count). The van der Waals surface area contributed by atoms with Crippen LogP contribution in [0, 0.1) is 12.3 Å². The summed E-state index contributed by atoms with van der Waals surface area (Å²) in [5, 5.41) is 3.51. The largest absolute Gasteiger partial charge is 0.481 e. The first kappa shape index (κ1) is 15.6. The van der Waals surface area contributed by atoms with E-state index in [9.17, 15) is 0 Å². The first-order valence-corrected chi connectivity index (χ1v) is 7.63. The van der Waals surface area contributed by atoms with E-state index in [-0.39, 0.29) is 12.6 Å². The molecule has 0 spiro atoms. The molecule has 3 heteroatoms. The Morgan fingerprint density at radius 1 is 1.24 bits per heavy atom. The molecular formula is C18H18BrNO. The van der Waals surface area contributed by atoms with E-state index in [1.807, 2.05) is 36.4 Å². The standard InChI is InChI=1S/C18H18BrNO/c1-3-11-21-18-10-5-4-7-16(18)13-20-14(2)15-8-6-9-17(19)12-15/h1,4-10,12,14,20H,11,13H2,2H3/t14-/m0/s1. The second kappa shape index (κ2) is 7.87. The van der Waals surface area contributed by atoms with Gasteiger partial charge >= 0.3 is 0 Å². The molecule has 0 aliphatic carbocycles. The molecular weight excluding hydrogens is 326 g/mol. The molecule has 0 saturated carbocycles. The van der Waals surface area contributed by atoms with Gasteiger partial charge < -0.3 is 10.1 Å². The summed E-state index contributed by atoms with van der Waals surface area (Å²) in [5.74, 6) is 3.33. The first-order chi connectivity index (χ1) is 10.2. The van der Waals surface area contributed by atoms with Gasteiger partial charge in [0.05, 0.1) is 0 Å². The highest BCUT2D eigenvalue weighted by Gasteiger charge is 2.07. The third-order valence-corrected chi connectivity index (χ3v) is 3.72. The van der Waals surface area contributed by atoms with Crippen molar-refractivity contribution in [3.05, 3.63) is 64.1 Å². The molecule has 2 aromatic rings. The molecule has 0 radical (unpaired) electrons. The van der Waals surface area contributed by atoms with Crippen molar-refractivity contribution in [2.75, 3.05) is 6.61 Å². The van der Waals surface area contributed by atoms with E-state index in [1.54, 1.807) is 0 Å². The highest BCUT2D eigenvalue weighted by Crippen LogP contribution is 2.21. The fourth-order valence-electron chi connectivity index (χ4n) is 2.07. The normalized spacial score (nSPS) is 11.7. The summed E-state index contributed by atoms with van der Waals surface area (Å²) in [6, 6.07) is 16.5. The lowest BCUT2D eigenvalue weighted by Gasteiger charge is -2.16. The molecule has 0 aliphatic rings. The summed E-state index contributed by atoms with van der Waals surface area (Å²) in [7, 11) is 0. The van der Waals surface area contributed by atoms with Crippen molar-refractivity contribution in [1.29, 1.82) is 0 Å². The van der Waals surface area contributed by atoms with Crippen LogP contribution in [0.2, 0.25) is 0 Å². The monoisotopic (exact) mass is 343 g/mol. The van der Waals surface area contributed by atoms with Gasteiger partial charge in [-0.2, -0.15) is 0 Å². The Morgan fingerprint density at radius 3 is 2.81 bits per heavy atom. The molecule has 2 nitrogen and oxygen atoms in total. The SMILES string of the molecule is C#CCOc1ccccc1CN[C@@H](C)c1cccc(Br)c1. The van der Waals surface area contributed by atoms with Crippen LogP contribution in [0.1, 0.15) is 24.1 Å². The Hall–Kier alpha value is -1.76. The van der Waals surface area contributed by atoms with Crippen LogP contribution in [0.3, 0.4) is 0 Å². The fourth-order valence-corrected chi connectivity index (χ4v) is 2.48. The minimum Gasteiger partial charge on any atom is -0.481 e. The highest BCUT2D eigenvalue weighted by atomic mass is 79.9. The lowest BCUT2D eigenvalue weighted by Crippen LogP contribution is -2.18. The Morgan fingerprint density at radius 2 is 2.05 bits per heavy atom. The van der Waals surface area contributed by atoms with Crippen molar-refractivity contribution in [3.8, 4) is 18.1 Å². The van der Waals surface area contributed by atoms with Gasteiger partial charge in [0.25, 0.3) is 0 Å². The van der Waals surface area contributed by atoms with Crippen molar-refractivity contribution in [3.63, 3.8) is 0 Å². The molecule has 1 N–H and O–H groups in total. The Bertz CT molecular complexity index is 633. The van der Waals surface area contributed by atoms with Crippen molar-refractivity contribution < 1.29 is 4.74 Å². The Kier molecular flexibility index (Phi) is 5.86. The molecule has 0 aromatic heterocycles. The van der Waals surface area contributed by atoms with E-state index in [1.165, 1.54) is 5.56 Å². The highest BCUT2D eigenvalue weighted by molar-refractivity contribution is 9.10. The summed E-state index contributed by atoms with van der Waals surface area (Å²) < 4.78 is 6.65. The predicted molar refractivity (Wildman–Crippen MR) is 90.2 cm³/mol. The van der Waals surface area contributed by atoms with Gasteiger partial charge in [0, 0.05) is 22.6 Å². The van der Waals surface area contributed by atoms with Crippen molar-refractivity contribution >= 4 is 15.9 Å². The van der Waals surface area contributed by atoms with Gasteiger partial charge in [-0.3, -0.25) is 0 Å². The van der Waals surface area contributed by atoms with E-state index >= 15 is 0 Å². The third kappa shape index (κ3) is 4.63. The number of hydrogen-bond acceptors (Lipinski definition) is 2. The average molecular weight is 344 g/mol. The number of ether oxygens (including phenoxy) is 1. The van der Waals surface area contributed by atoms with Crippen LogP contribution in [0.5, 0.6) is 5.75 Å². The summed E-state index contributed by atoms with van der Waals surface area (Å²) in [5.41, 5.74) is 2.35. The zero-order chi connectivity index (χ0) is 15.1. The van der Waals surface area contributed by atoms with Gasteiger partial charge in [-0.25, -0.2) is 0 Å². The number of benzene rings is 2. The van der Waals surface area contributed by atoms with E-state index < -0.39 is 0 Å². The average Bonchev–Trinajstić information content (AvgIpc) is 2.51. The molecule has 0 aliphatic heterocycles. The summed E-state index contributed by atoms with van der Waals surface area (Å²) in [6.45, 7) is 3.17. The van der Waals surface area contributed by atoms with E-state index in [2.05, 4.69) is 46.2 Å². The van der Waals surface area contributed by atoms with Crippen LogP contribution in [-0.2, 0) is 6.54 Å². The molecule has 21 heavy (non-hydrogen) atoms. The number of rotatable bonds is 6. The van der Waals surface area contributed by atoms with Gasteiger partial charge in [-0.15, -0.1) is 6.42 Å². The van der Waals surface area contributed by atoms with Crippen LogP contribution in [0.4, 0.5) is 0 Å². The molecule has 0 bridgehead atoms. The third-order valence-electron chi connectivity index (χ3n) is 3.23. The topological polar surface area (TPSA) is 21.3 Å². The molecule has 0 saturated heterocycles. The number of para-hydroxylation sites is 1. The van der Waals surface area contributed by atoms with Crippen LogP contribution in [-0.4, -0.2) is 6.61 Å². The summed E-state index contributed by atoms with van der Waals surface area (Å²) >= 11 is 3.50. The molecule has 2 aromatic carbocycles. The molecule has 0 fully saturated rings. The second-order valence-corrected chi connectivity index (χ2v) is 5.67. The second-order valence-electron chi connectivity index (χ2n) is 4.76. The lowest BCUT2D eigenvalue weighted by molar-refractivity contribution is 0.364. The summed E-state index contributed by atoms with van der Waals surface area (Å²) in [6.07, 6.45) is 5.24. The lowest BCUT2D eigenvalue weighted by atomic mass is 10.1. The first-order valence-electron chi connectivity index (χ1n) is 6.83. The fraction of sp³-hybridized carbons (Fsp3) is 0.222. The molecule has 1 atom stereocenters. The van der Waals surface area contributed by atoms with Gasteiger partial charge in [0.2, 0.25) is 0 Å². The van der Waals surface area contributed by atoms with Gasteiger partial charge in [-0.1, -0.05) is 52.2 Å². The number of halogens is 1. The van der Waals surface area contributed by atoms with Gasteiger partial charge in [0.1, 0.15) is 12.4 Å². The molecule has 108 valence electrons. The van der Waals surface area contributed by atoms with Crippen molar-refractivity contribution in [1.82, 2.24) is 5.32 Å². The quantitative estimate of drug-likeness (QED) is 0.789. The smallest absolute Gasteiger partial charge is 0.148 e. The maximum Gasteiger partial charge on any atom is 0.148 e. The maximum absolute atomic E-state index is 5.56. The van der Waals surface area contributed by atoms with Crippen LogP contribution in [0.15, 0.2) is 53.0 Å². The van der Waals surface area contributed by atoms with Gasteiger partial charge in [0.15, 0.2) is 0 Å². The van der Waals surface area contributed by atoms with Gasteiger partial charge in [-0.05, 0) is 30.7 Å². The zero-order valence-corrected chi connectivity index (χ0v) is 13.6. The van der Waals surface area contributed by atoms with Crippen molar-refractivity contribution in [2.45, 2.75) is 19.5 Å². The number of hydrogen-bond donors (Lipinski definition) is 1.